The molecule has 10 heteroatoms. The van der Waals surface area contributed by atoms with Crippen molar-refractivity contribution in [2.45, 2.75) is 13.3 Å². The molecule has 0 bridgehead atoms. The summed E-state index contributed by atoms with van der Waals surface area (Å²) in [5.41, 5.74) is 7.99. The molecule has 2 aliphatic heterocycles. The first-order chi connectivity index (χ1) is 16.8. The molecule has 5 rings (SSSR count). The number of hydrogen-bond donors (Lipinski definition) is 2. The third-order valence-corrected chi connectivity index (χ3v) is 6.52. The quantitative estimate of drug-likeness (QED) is 0.561. The van der Waals surface area contributed by atoms with Crippen LogP contribution in [0.1, 0.15) is 22.8 Å². The Labute approximate surface area is 200 Å². The van der Waals surface area contributed by atoms with Crippen molar-refractivity contribution >= 4 is 23.5 Å². The summed E-state index contributed by atoms with van der Waals surface area (Å²) in [6.45, 7) is 4.56. The first-order valence-electron chi connectivity index (χ1n) is 11.4. The second kappa shape index (κ2) is 8.94. The molecule has 4 heterocycles. The Morgan fingerprint density at radius 1 is 1.03 bits per heavy atom. The van der Waals surface area contributed by atoms with Crippen LogP contribution >= 0.6 is 0 Å². The molecule has 2 aliphatic rings. The minimum Gasteiger partial charge on any atom is -0.383 e. The van der Waals surface area contributed by atoms with Gasteiger partial charge in [-0.05, 0) is 42.3 Å². The summed E-state index contributed by atoms with van der Waals surface area (Å²) < 4.78 is 29.8. The molecular formula is C25H24F2N6O2. The van der Waals surface area contributed by atoms with E-state index in [1.807, 2.05) is 0 Å². The number of rotatable bonds is 3. The van der Waals surface area contributed by atoms with E-state index in [0.717, 1.165) is 5.82 Å². The van der Waals surface area contributed by atoms with Gasteiger partial charge in [0.15, 0.2) is 0 Å². The second-order valence-electron chi connectivity index (χ2n) is 8.65. The molecular weight excluding hydrogens is 454 g/mol. The second-order valence-corrected chi connectivity index (χ2v) is 8.65. The zero-order valence-corrected chi connectivity index (χ0v) is 19.1. The summed E-state index contributed by atoms with van der Waals surface area (Å²) in [7, 11) is 0. The van der Waals surface area contributed by atoms with Gasteiger partial charge in [0.1, 0.15) is 17.5 Å². The molecule has 0 saturated carbocycles. The van der Waals surface area contributed by atoms with Crippen LogP contribution in [0.15, 0.2) is 36.5 Å². The van der Waals surface area contributed by atoms with Crippen LogP contribution in [0.3, 0.4) is 0 Å². The number of carbonyl (C=O) groups is 2. The third kappa shape index (κ3) is 4.27. The lowest BCUT2D eigenvalue weighted by molar-refractivity contribution is -0.129. The van der Waals surface area contributed by atoms with E-state index in [4.69, 9.17) is 5.73 Å². The van der Waals surface area contributed by atoms with Crippen LogP contribution in [0, 0.1) is 11.8 Å². The highest BCUT2D eigenvalue weighted by Crippen LogP contribution is 2.35. The molecule has 2 aromatic heterocycles. The summed E-state index contributed by atoms with van der Waals surface area (Å²) >= 11 is 0. The van der Waals surface area contributed by atoms with Crippen LogP contribution in [0.2, 0.25) is 0 Å². The van der Waals surface area contributed by atoms with Crippen LogP contribution in [0.4, 0.5) is 20.4 Å². The normalized spacial score (nSPS) is 15.6. The number of fused-ring (bicyclic) bond motifs is 1. The number of nitrogens with two attached hydrogens (primary N) is 1. The number of carbonyl (C=O) groups excluding carboxylic acids is 2. The van der Waals surface area contributed by atoms with E-state index in [0.29, 0.717) is 50.3 Å². The van der Waals surface area contributed by atoms with Gasteiger partial charge in [-0.1, -0.05) is 0 Å². The summed E-state index contributed by atoms with van der Waals surface area (Å²) in [6.07, 6.45) is 2.10. The fourth-order valence-electron chi connectivity index (χ4n) is 4.55. The largest absolute Gasteiger partial charge is 0.383 e. The van der Waals surface area contributed by atoms with E-state index in [9.17, 15) is 18.4 Å². The topological polar surface area (TPSA) is 104 Å². The van der Waals surface area contributed by atoms with E-state index < -0.39 is 11.8 Å². The predicted molar refractivity (Wildman–Crippen MR) is 128 cm³/mol. The van der Waals surface area contributed by atoms with E-state index >= 15 is 0 Å². The van der Waals surface area contributed by atoms with Gasteiger partial charge in [-0.2, -0.15) is 4.39 Å². The van der Waals surface area contributed by atoms with Crippen LogP contribution in [0.5, 0.6) is 0 Å². The highest BCUT2D eigenvalue weighted by molar-refractivity contribution is 5.97. The fraction of sp³-hybridized carbons (Fsp3) is 0.280. The minimum absolute atomic E-state index is 0.0497. The van der Waals surface area contributed by atoms with Gasteiger partial charge in [-0.15, -0.1) is 0 Å². The molecule has 2 amide bonds. The van der Waals surface area contributed by atoms with Gasteiger partial charge < -0.3 is 20.9 Å². The molecule has 0 atom stereocenters. The van der Waals surface area contributed by atoms with E-state index in [1.165, 1.54) is 12.1 Å². The average molecular weight is 479 g/mol. The molecule has 35 heavy (non-hydrogen) atoms. The SMILES string of the molecule is CC(=O)N1CCN(c2ccc(-c3cc(-c4cc5c(cc4F)C(=O)NCC5)c(N)nc3F)cn2)CC1. The van der Waals surface area contributed by atoms with Gasteiger partial charge >= 0.3 is 0 Å². The van der Waals surface area contributed by atoms with E-state index in [-0.39, 0.29) is 39.9 Å². The van der Waals surface area contributed by atoms with Crippen LogP contribution in [-0.4, -0.2) is 59.4 Å². The summed E-state index contributed by atoms with van der Waals surface area (Å²) in [4.78, 5) is 35.7. The van der Waals surface area contributed by atoms with Crippen molar-refractivity contribution in [1.82, 2.24) is 20.2 Å². The Morgan fingerprint density at radius 2 is 1.80 bits per heavy atom. The zero-order valence-electron chi connectivity index (χ0n) is 19.1. The van der Waals surface area contributed by atoms with Crippen molar-refractivity contribution in [2.75, 3.05) is 43.4 Å². The number of anilines is 2. The predicted octanol–water partition coefficient (Wildman–Crippen LogP) is 2.63. The number of benzene rings is 1. The number of nitrogens with zero attached hydrogens (tertiary/aromatic N) is 4. The van der Waals surface area contributed by atoms with Gasteiger partial charge in [0.25, 0.3) is 5.91 Å². The molecule has 1 fully saturated rings. The zero-order chi connectivity index (χ0) is 24.7. The number of nitrogen functional groups attached to an aromatic ring is 1. The van der Waals surface area contributed by atoms with Gasteiger partial charge in [-0.3, -0.25) is 9.59 Å². The van der Waals surface area contributed by atoms with Crippen molar-refractivity contribution < 1.29 is 18.4 Å². The number of amides is 2. The molecule has 0 spiro atoms. The van der Waals surface area contributed by atoms with E-state index in [1.54, 1.807) is 36.2 Å². The van der Waals surface area contributed by atoms with Crippen molar-refractivity contribution in [3.05, 3.63) is 59.4 Å². The average Bonchev–Trinajstić information content (AvgIpc) is 2.85. The lowest BCUT2D eigenvalue weighted by atomic mass is 9.93. The molecule has 0 aliphatic carbocycles. The van der Waals surface area contributed by atoms with Gasteiger partial charge in [0.05, 0.1) is 0 Å². The van der Waals surface area contributed by atoms with Crippen molar-refractivity contribution in [3.63, 3.8) is 0 Å². The monoisotopic (exact) mass is 478 g/mol. The molecule has 3 N–H and O–H groups in total. The van der Waals surface area contributed by atoms with Gasteiger partial charge in [0, 0.05) is 73.7 Å². The van der Waals surface area contributed by atoms with Crippen molar-refractivity contribution in [3.8, 4) is 22.3 Å². The number of nitrogens with one attached hydrogen (secondary N) is 1. The Kier molecular flexibility index (Phi) is 5.80. The maximum absolute atomic E-state index is 15.0. The number of hydrogen-bond acceptors (Lipinski definition) is 6. The van der Waals surface area contributed by atoms with Crippen molar-refractivity contribution in [2.24, 2.45) is 0 Å². The number of halogens is 2. The number of piperazine rings is 1. The fourth-order valence-corrected chi connectivity index (χ4v) is 4.55. The molecule has 8 nitrogen and oxygen atoms in total. The van der Waals surface area contributed by atoms with Crippen LogP contribution < -0.4 is 16.0 Å². The van der Waals surface area contributed by atoms with Crippen LogP contribution in [-0.2, 0) is 11.2 Å². The smallest absolute Gasteiger partial charge is 0.251 e. The highest BCUT2D eigenvalue weighted by atomic mass is 19.1. The first-order valence-corrected chi connectivity index (χ1v) is 11.4. The molecule has 0 unspecified atom stereocenters. The highest BCUT2D eigenvalue weighted by Gasteiger charge is 2.23. The lowest BCUT2D eigenvalue weighted by Crippen LogP contribution is -2.48. The number of aromatic nitrogens is 2. The molecule has 1 saturated heterocycles. The molecule has 1 aromatic carbocycles. The van der Waals surface area contributed by atoms with Gasteiger partial charge in [-0.25, -0.2) is 14.4 Å². The first kappa shape index (κ1) is 22.7. The Morgan fingerprint density at radius 3 is 2.49 bits per heavy atom. The summed E-state index contributed by atoms with van der Waals surface area (Å²) in [5, 5.41) is 2.69. The van der Waals surface area contributed by atoms with E-state index in [2.05, 4.69) is 20.2 Å². The summed E-state index contributed by atoms with van der Waals surface area (Å²) in [5.74, 6) is -1.11. The number of pyridine rings is 2. The Hall–Kier alpha value is -4.08. The molecule has 180 valence electrons. The standard InChI is InChI=1S/C25H24F2N6O2/c1-14(34)32-6-8-33(9-7-32)22-3-2-16(13-30-22)17-11-20(24(28)31-23(17)27)19-10-15-4-5-29-25(35)18(15)12-21(19)26/h2-3,10-13H,4-9H2,1H3,(H2,28,31)(H,29,35). The Balaban J connectivity index is 1.45. The summed E-state index contributed by atoms with van der Waals surface area (Å²) in [6, 6.07) is 7.75. The maximum Gasteiger partial charge on any atom is 0.251 e. The third-order valence-electron chi connectivity index (χ3n) is 6.52. The molecule has 3 aromatic rings. The Bertz CT molecular complexity index is 1320. The lowest BCUT2D eigenvalue weighted by Gasteiger charge is -2.34. The van der Waals surface area contributed by atoms with Gasteiger partial charge in [0.2, 0.25) is 11.9 Å². The van der Waals surface area contributed by atoms with Crippen molar-refractivity contribution in [1.29, 1.82) is 0 Å². The molecule has 0 radical (unpaired) electrons. The minimum atomic E-state index is -0.784. The maximum atomic E-state index is 15.0. The van der Waals surface area contributed by atoms with Crippen LogP contribution in [0.25, 0.3) is 22.3 Å².